The van der Waals surface area contributed by atoms with E-state index >= 15 is 0 Å². The predicted octanol–water partition coefficient (Wildman–Crippen LogP) is 1.66. The van der Waals surface area contributed by atoms with Gasteiger partial charge in [0.25, 0.3) is 0 Å². The molecule has 0 unspecified atom stereocenters. The van der Waals surface area contributed by atoms with E-state index in [4.69, 9.17) is 11.5 Å². The average Bonchev–Trinajstić information content (AvgIpc) is 2.55. The molecule has 0 aliphatic carbocycles. The van der Waals surface area contributed by atoms with Crippen molar-refractivity contribution in [1.29, 1.82) is 0 Å². The topological polar surface area (TPSA) is 69.9 Å². The van der Waals surface area contributed by atoms with Gasteiger partial charge in [0.15, 0.2) is 0 Å². The van der Waals surface area contributed by atoms with Gasteiger partial charge in [-0.3, -0.25) is 0 Å². The summed E-state index contributed by atoms with van der Waals surface area (Å²) in [4.78, 5) is 4.48. The second kappa shape index (κ2) is 3.55. The van der Waals surface area contributed by atoms with Crippen LogP contribution in [0.2, 0.25) is 0 Å². The molecule has 0 spiro atoms. The van der Waals surface area contributed by atoms with Crippen LogP contribution in [0.15, 0.2) is 18.2 Å². The van der Waals surface area contributed by atoms with Crippen LogP contribution in [0.1, 0.15) is 25.7 Å². The van der Waals surface area contributed by atoms with Crippen LogP contribution in [-0.2, 0) is 6.54 Å². The van der Waals surface area contributed by atoms with Gasteiger partial charge in [0.2, 0.25) is 0 Å². The number of imidazole rings is 1. The maximum Gasteiger partial charge on any atom is 0.123 e. The summed E-state index contributed by atoms with van der Waals surface area (Å²) in [5.74, 6) is 0.908. The smallest absolute Gasteiger partial charge is 0.123 e. The largest absolute Gasteiger partial charge is 0.399 e. The quantitative estimate of drug-likeness (QED) is 0.731. The van der Waals surface area contributed by atoms with Crippen molar-refractivity contribution in [2.24, 2.45) is 5.73 Å². The molecule has 2 rings (SSSR count). The number of nitrogens with two attached hydrogens (primary N) is 2. The summed E-state index contributed by atoms with van der Waals surface area (Å²) in [5, 5.41) is 0. The number of rotatable bonds is 2. The van der Waals surface area contributed by atoms with Crippen LogP contribution in [0.4, 0.5) is 5.69 Å². The zero-order chi connectivity index (χ0) is 11.0. The number of nitrogens with zero attached hydrogens (tertiary/aromatic N) is 2. The first-order valence-corrected chi connectivity index (χ1v) is 5.10. The highest BCUT2D eigenvalue weighted by Crippen LogP contribution is 2.22. The molecule has 0 aliphatic rings. The van der Waals surface area contributed by atoms with Gasteiger partial charge < -0.3 is 16.0 Å². The number of hydrogen-bond donors (Lipinski definition) is 2. The number of anilines is 1. The Hall–Kier alpha value is -1.55. The minimum absolute atomic E-state index is 0.343. The van der Waals surface area contributed by atoms with Crippen LogP contribution in [0.5, 0.6) is 0 Å². The number of nitrogen functional groups attached to an aromatic ring is 1. The predicted molar refractivity (Wildman–Crippen MR) is 62.4 cm³/mol. The van der Waals surface area contributed by atoms with Crippen LogP contribution in [0, 0.1) is 0 Å². The van der Waals surface area contributed by atoms with Crippen LogP contribution >= 0.6 is 0 Å². The second-order valence-corrected chi connectivity index (χ2v) is 3.94. The molecule has 2 aromatic rings. The molecule has 0 fully saturated rings. The molecule has 4 nitrogen and oxygen atoms in total. The lowest BCUT2D eigenvalue weighted by atomic mass is 10.2. The van der Waals surface area contributed by atoms with Gasteiger partial charge in [0, 0.05) is 11.7 Å². The molecule has 80 valence electrons. The van der Waals surface area contributed by atoms with Crippen LogP contribution < -0.4 is 11.5 Å². The van der Waals surface area contributed by atoms with E-state index in [0.717, 1.165) is 22.5 Å². The van der Waals surface area contributed by atoms with Gasteiger partial charge in [-0.05, 0) is 32.0 Å². The highest BCUT2D eigenvalue weighted by atomic mass is 15.1. The molecule has 4 heteroatoms. The van der Waals surface area contributed by atoms with Crippen molar-refractivity contribution >= 4 is 16.7 Å². The molecule has 0 saturated carbocycles. The van der Waals surface area contributed by atoms with Crippen molar-refractivity contribution in [2.45, 2.75) is 26.4 Å². The Morgan fingerprint density at radius 3 is 2.73 bits per heavy atom. The lowest BCUT2D eigenvalue weighted by Gasteiger charge is -2.11. The first-order chi connectivity index (χ1) is 7.13. The fraction of sp³-hybridized carbons (Fsp3) is 0.364. The highest BCUT2D eigenvalue weighted by Gasteiger charge is 2.11. The first kappa shape index (κ1) is 9.98. The van der Waals surface area contributed by atoms with Crippen LogP contribution in [0.3, 0.4) is 0 Å². The summed E-state index contributed by atoms with van der Waals surface area (Å²) in [6.45, 7) is 4.68. The van der Waals surface area contributed by atoms with Crippen molar-refractivity contribution < 1.29 is 0 Å². The Morgan fingerprint density at radius 2 is 2.13 bits per heavy atom. The van der Waals surface area contributed by atoms with Crippen molar-refractivity contribution in [3.05, 3.63) is 24.0 Å². The zero-order valence-corrected chi connectivity index (χ0v) is 9.07. The van der Waals surface area contributed by atoms with Gasteiger partial charge in [0.05, 0.1) is 17.6 Å². The molecule has 1 heterocycles. The van der Waals surface area contributed by atoms with Gasteiger partial charge in [-0.15, -0.1) is 0 Å². The minimum Gasteiger partial charge on any atom is -0.399 e. The molecule has 0 atom stereocenters. The number of fused-ring (bicyclic) bond motifs is 1. The Balaban J connectivity index is 2.76. The third-order valence-electron chi connectivity index (χ3n) is 2.49. The highest BCUT2D eigenvalue weighted by molar-refractivity contribution is 5.79. The van der Waals surface area contributed by atoms with Gasteiger partial charge in [-0.25, -0.2) is 4.98 Å². The van der Waals surface area contributed by atoms with Crippen LogP contribution in [-0.4, -0.2) is 9.55 Å². The van der Waals surface area contributed by atoms with E-state index in [9.17, 15) is 0 Å². The van der Waals surface area contributed by atoms with E-state index in [0.29, 0.717) is 12.6 Å². The molecule has 0 amide bonds. The van der Waals surface area contributed by atoms with Crippen molar-refractivity contribution in [1.82, 2.24) is 9.55 Å². The summed E-state index contributed by atoms with van der Waals surface area (Å²) in [5.41, 5.74) is 14.2. The average molecular weight is 204 g/mol. The number of hydrogen-bond acceptors (Lipinski definition) is 3. The minimum atomic E-state index is 0.343. The van der Waals surface area contributed by atoms with E-state index in [-0.39, 0.29) is 0 Å². The second-order valence-electron chi connectivity index (χ2n) is 3.94. The summed E-state index contributed by atoms with van der Waals surface area (Å²) < 4.78 is 2.13. The Bertz CT molecular complexity index is 485. The third kappa shape index (κ3) is 1.57. The van der Waals surface area contributed by atoms with E-state index < -0.39 is 0 Å². The maximum atomic E-state index is 5.77. The van der Waals surface area contributed by atoms with Gasteiger partial charge in [-0.2, -0.15) is 0 Å². The molecule has 0 radical (unpaired) electrons. The van der Waals surface area contributed by atoms with E-state index in [1.807, 2.05) is 18.2 Å². The van der Waals surface area contributed by atoms with Gasteiger partial charge >= 0.3 is 0 Å². The molecular formula is C11H16N4. The van der Waals surface area contributed by atoms with Crippen molar-refractivity contribution in [3.8, 4) is 0 Å². The Labute approximate surface area is 88.9 Å². The summed E-state index contributed by atoms with van der Waals surface area (Å²) in [6, 6.07) is 6.08. The molecule has 4 N–H and O–H groups in total. The monoisotopic (exact) mass is 204 g/mol. The first-order valence-electron chi connectivity index (χ1n) is 5.10. The molecule has 0 bridgehead atoms. The maximum absolute atomic E-state index is 5.77. The standard InChI is InChI=1S/C11H16N4/c1-7(2)15-10-5-8(13)3-4-9(10)14-11(15)6-12/h3-5,7H,6,12-13H2,1-2H3. The fourth-order valence-corrected chi connectivity index (χ4v) is 1.88. The number of aromatic nitrogens is 2. The van der Waals surface area contributed by atoms with E-state index in [1.165, 1.54) is 0 Å². The van der Waals surface area contributed by atoms with E-state index in [1.54, 1.807) is 0 Å². The van der Waals surface area contributed by atoms with Gasteiger partial charge in [0.1, 0.15) is 5.82 Å². The third-order valence-corrected chi connectivity index (χ3v) is 2.49. The Kier molecular flexibility index (Phi) is 2.36. The molecule has 0 aliphatic heterocycles. The summed E-state index contributed by atoms with van der Waals surface area (Å²) in [7, 11) is 0. The number of benzene rings is 1. The molecule has 1 aromatic carbocycles. The lowest BCUT2D eigenvalue weighted by Crippen LogP contribution is -2.10. The molecular weight excluding hydrogens is 188 g/mol. The Morgan fingerprint density at radius 1 is 1.40 bits per heavy atom. The molecule has 1 aromatic heterocycles. The lowest BCUT2D eigenvalue weighted by molar-refractivity contribution is 0.585. The van der Waals surface area contributed by atoms with Gasteiger partial charge in [-0.1, -0.05) is 0 Å². The molecule has 0 saturated heterocycles. The normalized spacial score (nSPS) is 11.5. The fourth-order valence-electron chi connectivity index (χ4n) is 1.88. The molecule has 15 heavy (non-hydrogen) atoms. The SMILES string of the molecule is CC(C)n1c(CN)nc2ccc(N)cc21. The van der Waals surface area contributed by atoms with E-state index in [2.05, 4.69) is 23.4 Å². The van der Waals surface area contributed by atoms with Crippen molar-refractivity contribution in [3.63, 3.8) is 0 Å². The summed E-state index contributed by atoms with van der Waals surface area (Å²) >= 11 is 0. The summed E-state index contributed by atoms with van der Waals surface area (Å²) in [6.07, 6.45) is 0. The van der Waals surface area contributed by atoms with Crippen molar-refractivity contribution in [2.75, 3.05) is 5.73 Å². The van der Waals surface area contributed by atoms with Crippen LogP contribution in [0.25, 0.3) is 11.0 Å². The zero-order valence-electron chi connectivity index (χ0n) is 9.07.